The number of amides is 2. The maximum atomic E-state index is 14.1. The molecule has 0 spiro atoms. The molecule has 442 valence electrons. The average Bonchev–Trinajstić information content (AvgIpc) is 2.79. The predicted octanol–water partition coefficient (Wildman–Crippen LogP) is 15.4. The first-order valence-corrected chi connectivity index (χ1v) is 29.8. The molecule has 0 atom stereocenters. The second kappa shape index (κ2) is 26.7. The smallest absolute Gasteiger partial charge is 0.255 e. The summed E-state index contributed by atoms with van der Waals surface area (Å²) >= 11 is 0. The summed E-state index contributed by atoms with van der Waals surface area (Å²) in [7, 11) is 0. The van der Waals surface area contributed by atoms with E-state index in [9.17, 15) is 9.59 Å². The third kappa shape index (κ3) is 13.3. The molecule has 0 saturated carbocycles. The topological polar surface area (TPSA) is 171 Å². The number of nitrogens with one attached hydrogen (secondary N) is 4. The molecule has 4 aliphatic rings. The fourth-order valence-corrected chi connectivity index (χ4v) is 11.1. The summed E-state index contributed by atoms with van der Waals surface area (Å²) in [6.07, 6.45) is 14.1. The standard InChI is InChI=1S/C75H64N6O8/c1-48-7-11-52(12-8-48)70-60-28-32-64(78-60)72(54-15-19-56(20-16-54)74(82)76-58-25-23-51(24-26-58)50-5-3-4-6-50)65-33-29-61(79-65)71(53-13-9-49(2)10-14-53)63-31-35-67(81-63)73(66-34-30-62(70)80-66)55-17-21-57(22-18-55)75(83)77-59-27-36-68-69(47-59)89-46-44-87-42-40-85-38-37-84-39-41-86-43-45-88-68/h3-5,7-36,47,78,81H,37-46H2,1-2H3,(H,76,82)(H,77,83). The van der Waals surface area contributed by atoms with Crippen molar-refractivity contribution in [3.8, 4) is 56.0 Å². The van der Waals surface area contributed by atoms with Gasteiger partial charge in [-0.1, -0.05) is 102 Å². The Morgan fingerprint density at radius 3 is 1.16 bits per heavy atom. The molecule has 6 aromatic carbocycles. The number of H-pyrrole nitrogens is 2. The van der Waals surface area contributed by atoms with Crippen LogP contribution in [0.4, 0.5) is 11.4 Å². The van der Waals surface area contributed by atoms with Gasteiger partial charge in [0.1, 0.15) is 13.2 Å². The second-order valence-corrected chi connectivity index (χ2v) is 21.8. The highest BCUT2D eigenvalue weighted by molar-refractivity contribution is 6.07. The van der Waals surface area contributed by atoms with E-state index in [4.69, 9.17) is 38.4 Å². The summed E-state index contributed by atoms with van der Waals surface area (Å²) in [5, 5.41) is 6.14. The first kappa shape index (κ1) is 57.6. The van der Waals surface area contributed by atoms with E-state index < -0.39 is 0 Å². The largest absolute Gasteiger partial charge is 0.487 e. The summed E-state index contributed by atoms with van der Waals surface area (Å²) in [4.78, 5) is 46.6. The molecular weight excluding hydrogens is 1110 g/mol. The maximum Gasteiger partial charge on any atom is 0.255 e. The summed E-state index contributed by atoms with van der Waals surface area (Å²) in [5.41, 5.74) is 23.3. The highest BCUT2D eigenvalue weighted by Crippen LogP contribution is 2.40. The molecule has 8 bridgehead atoms. The number of carbonyl (C=O) groups is 2. The van der Waals surface area contributed by atoms with E-state index in [-0.39, 0.29) is 18.4 Å². The number of rotatable bonds is 9. The molecule has 1 aliphatic carbocycles. The normalized spacial score (nSPS) is 14.4. The first-order valence-electron chi connectivity index (χ1n) is 29.8. The molecular formula is C75H64N6O8. The van der Waals surface area contributed by atoms with Gasteiger partial charge < -0.3 is 49.0 Å². The molecule has 0 unspecified atom stereocenters. The molecule has 4 N–H and O–H groups in total. The molecule has 13 rings (SSSR count). The highest BCUT2D eigenvalue weighted by atomic mass is 16.6. The van der Waals surface area contributed by atoms with Gasteiger partial charge in [-0.15, -0.1) is 5.73 Å². The van der Waals surface area contributed by atoms with E-state index in [1.807, 2.05) is 91.0 Å². The lowest BCUT2D eigenvalue weighted by molar-refractivity contribution is -0.00841. The van der Waals surface area contributed by atoms with Crippen molar-refractivity contribution >= 4 is 75.1 Å². The van der Waals surface area contributed by atoms with Crippen LogP contribution in [0.2, 0.25) is 0 Å². The molecule has 6 heterocycles. The Labute approximate surface area is 515 Å². The van der Waals surface area contributed by atoms with Crippen LogP contribution in [0.25, 0.3) is 96.5 Å². The van der Waals surface area contributed by atoms with E-state index >= 15 is 0 Å². The van der Waals surface area contributed by atoms with Gasteiger partial charge in [-0.25, -0.2) is 9.97 Å². The molecule has 0 radical (unpaired) electrons. The lowest BCUT2D eigenvalue weighted by Crippen LogP contribution is -2.16. The van der Waals surface area contributed by atoms with Gasteiger partial charge in [0.2, 0.25) is 0 Å². The van der Waals surface area contributed by atoms with Crippen LogP contribution in [0.15, 0.2) is 188 Å². The number of fused-ring (bicyclic) bond motifs is 9. The number of aromatic nitrogens is 4. The van der Waals surface area contributed by atoms with E-state index in [1.54, 1.807) is 18.2 Å². The number of aryl methyl sites for hydroxylation is 2. The van der Waals surface area contributed by atoms with Crippen LogP contribution in [0.3, 0.4) is 0 Å². The van der Waals surface area contributed by atoms with Crippen LogP contribution < -0.4 is 20.1 Å². The molecule has 14 nitrogen and oxygen atoms in total. The number of allylic oxidation sites excluding steroid dienone is 3. The number of nitrogens with zero attached hydrogens (tertiary/aromatic N) is 2. The molecule has 0 saturated heterocycles. The van der Waals surface area contributed by atoms with Crippen molar-refractivity contribution in [2.45, 2.75) is 13.8 Å². The number of carbonyl (C=O) groups excluding carboxylic acids is 2. The lowest BCUT2D eigenvalue weighted by atomic mass is 10.0. The number of benzene rings is 6. The van der Waals surface area contributed by atoms with Gasteiger partial charge in [-0.2, -0.15) is 0 Å². The van der Waals surface area contributed by atoms with Gasteiger partial charge in [0.15, 0.2) is 11.5 Å². The van der Waals surface area contributed by atoms with Crippen LogP contribution in [-0.4, -0.2) is 97.8 Å². The minimum atomic E-state index is -0.302. The lowest BCUT2D eigenvalue weighted by Gasteiger charge is -2.15. The SMILES string of the molecule is Cc1ccc(-c2c3nc(c(-c4ccc(C(=O)Nc5ccc6c(c5)OCCOCCOCCOCCOCCO6)cc4)c4ccc([nH]4)c(-c4ccc(C)cc4)c4nc(c(-c5ccc(C(=O)Nc6ccc(C7=C=CC=C7)cc6)cc5)c5ccc2[nH]5)C=C4)C=C3)cc1. The number of hydrogen-bond acceptors (Lipinski definition) is 10. The van der Waals surface area contributed by atoms with Crippen molar-refractivity contribution in [3.05, 3.63) is 238 Å². The maximum absolute atomic E-state index is 14.1. The third-order valence-electron chi connectivity index (χ3n) is 15.6. The Bertz CT molecular complexity index is 4410. The predicted molar refractivity (Wildman–Crippen MR) is 354 cm³/mol. The van der Waals surface area contributed by atoms with E-state index in [2.05, 4.69) is 137 Å². The second-order valence-electron chi connectivity index (χ2n) is 21.8. The molecule has 3 aliphatic heterocycles. The van der Waals surface area contributed by atoms with Gasteiger partial charge >= 0.3 is 0 Å². The Kier molecular flexibility index (Phi) is 17.3. The van der Waals surface area contributed by atoms with E-state index in [1.165, 1.54) is 0 Å². The van der Waals surface area contributed by atoms with Crippen LogP contribution in [0.5, 0.6) is 11.5 Å². The molecule has 89 heavy (non-hydrogen) atoms. The quantitative estimate of drug-likeness (QED) is 0.102. The van der Waals surface area contributed by atoms with Gasteiger partial charge in [0.25, 0.3) is 11.8 Å². The van der Waals surface area contributed by atoms with Crippen molar-refractivity contribution in [1.29, 1.82) is 0 Å². The Morgan fingerprint density at radius 2 is 0.753 bits per heavy atom. The molecule has 2 amide bonds. The number of hydrogen-bond donors (Lipinski definition) is 4. The fourth-order valence-electron chi connectivity index (χ4n) is 11.1. The van der Waals surface area contributed by atoms with Crippen molar-refractivity contribution in [2.24, 2.45) is 0 Å². The number of ether oxygens (including phenoxy) is 6. The van der Waals surface area contributed by atoms with Crippen molar-refractivity contribution < 1.29 is 38.0 Å². The number of aromatic amines is 2. The zero-order valence-corrected chi connectivity index (χ0v) is 49.4. The molecule has 14 heteroatoms. The van der Waals surface area contributed by atoms with Gasteiger partial charge in [-0.05, 0) is 151 Å². The van der Waals surface area contributed by atoms with Crippen molar-refractivity contribution in [2.75, 3.05) is 76.7 Å². The minimum absolute atomic E-state index is 0.217. The van der Waals surface area contributed by atoms with Gasteiger partial charge in [-0.3, -0.25) is 9.59 Å². The van der Waals surface area contributed by atoms with Crippen LogP contribution in [-0.2, 0) is 18.9 Å². The Hall–Kier alpha value is -10.4. The van der Waals surface area contributed by atoms with Crippen molar-refractivity contribution in [1.82, 2.24) is 19.9 Å². The molecule has 9 aromatic rings. The minimum Gasteiger partial charge on any atom is -0.487 e. The summed E-state index contributed by atoms with van der Waals surface area (Å²) in [6.45, 7) is 8.13. The molecule has 0 fully saturated rings. The highest BCUT2D eigenvalue weighted by Gasteiger charge is 2.21. The third-order valence-corrected chi connectivity index (χ3v) is 15.6. The van der Waals surface area contributed by atoms with Crippen LogP contribution in [0.1, 0.15) is 60.2 Å². The average molecular weight is 1180 g/mol. The zero-order valence-electron chi connectivity index (χ0n) is 49.4. The van der Waals surface area contributed by atoms with Crippen molar-refractivity contribution in [3.63, 3.8) is 0 Å². The summed E-state index contributed by atoms with van der Waals surface area (Å²) in [5.74, 6) is 0.458. The number of anilines is 2. The van der Waals surface area contributed by atoms with E-state index in [0.29, 0.717) is 93.5 Å². The zero-order chi connectivity index (χ0) is 60.5. The Morgan fingerprint density at radius 1 is 0.393 bits per heavy atom. The monoisotopic (exact) mass is 1180 g/mol. The van der Waals surface area contributed by atoms with E-state index in [0.717, 1.165) is 112 Å². The summed E-state index contributed by atoms with van der Waals surface area (Å²) in [6, 6.07) is 53.7. The van der Waals surface area contributed by atoms with Crippen LogP contribution >= 0.6 is 0 Å². The fraction of sp³-hybridized carbons (Fsp3) is 0.160. The van der Waals surface area contributed by atoms with Gasteiger partial charge in [0.05, 0.1) is 75.6 Å². The Balaban J connectivity index is 0.880. The first-order chi connectivity index (χ1) is 43.7. The van der Waals surface area contributed by atoms with Gasteiger partial charge in [0, 0.05) is 78.5 Å². The summed E-state index contributed by atoms with van der Waals surface area (Å²) < 4.78 is 34.8. The van der Waals surface area contributed by atoms with Crippen LogP contribution in [0, 0.1) is 13.8 Å². The molecule has 3 aromatic heterocycles.